The Hall–Kier alpha value is -3.35. The summed E-state index contributed by atoms with van der Waals surface area (Å²) in [5, 5.41) is 12.0. The average molecular weight is 463 g/mol. The molecule has 2 aliphatic carbocycles. The first-order chi connectivity index (χ1) is 16.4. The zero-order valence-corrected chi connectivity index (χ0v) is 19.3. The van der Waals surface area contributed by atoms with Crippen molar-refractivity contribution in [2.75, 3.05) is 19.7 Å². The number of carbonyl (C=O) groups is 3. The Morgan fingerprint density at radius 3 is 2.29 bits per heavy atom. The summed E-state index contributed by atoms with van der Waals surface area (Å²) in [6.45, 7) is 3.08. The molecule has 1 saturated carbocycles. The number of benzene rings is 2. The van der Waals surface area contributed by atoms with Crippen LogP contribution in [-0.4, -0.2) is 53.7 Å². The summed E-state index contributed by atoms with van der Waals surface area (Å²) in [5.41, 5.74) is 4.72. The number of likely N-dealkylation sites (tertiary alicyclic amines) is 1. The first-order valence-corrected chi connectivity index (χ1v) is 12.1. The molecule has 3 aliphatic rings. The maximum Gasteiger partial charge on any atom is 0.407 e. The zero-order chi connectivity index (χ0) is 23.8. The lowest BCUT2D eigenvalue weighted by Gasteiger charge is -2.36. The Balaban J connectivity index is 1.10. The maximum atomic E-state index is 12.9. The molecule has 1 heterocycles. The molecule has 7 heteroatoms. The highest BCUT2D eigenvalue weighted by Crippen LogP contribution is 2.44. The molecule has 7 nitrogen and oxygen atoms in total. The molecular weight excluding hydrogens is 432 g/mol. The summed E-state index contributed by atoms with van der Waals surface area (Å²) < 4.78 is 5.58. The number of hydrogen-bond donors (Lipinski definition) is 2. The van der Waals surface area contributed by atoms with Gasteiger partial charge in [-0.2, -0.15) is 0 Å². The van der Waals surface area contributed by atoms with Gasteiger partial charge in [-0.3, -0.25) is 9.59 Å². The number of ether oxygens (including phenoxy) is 1. The highest BCUT2D eigenvalue weighted by atomic mass is 16.5. The van der Waals surface area contributed by atoms with Crippen LogP contribution in [0.5, 0.6) is 0 Å². The lowest BCUT2D eigenvalue weighted by atomic mass is 9.91. The van der Waals surface area contributed by atoms with E-state index in [1.807, 2.05) is 36.1 Å². The van der Waals surface area contributed by atoms with Crippen LogP contribution < -0.4 is 5.32 Å². The minimum atomic E-state index is -0.782. The Morgan fingerprint density at radius 2 is 1.68 bits per heavy atom. The lowest BCUT2D eigenvalue weighted by Crippen LogP contribution is -2.47. The van der Waals surface area contributed by atoms with Crippen LogP contribution in [0.2, 0.25) is 0 Å². The summed E-state index contributed by atoms with van der Waals surface area (Å²) in [5.74, 6) is -1.05. The Bertz CT molecular complexity index is 1070. The molecule has 2 fully saturated rings. The molecule has 5 rings (SSSR count). The monoisotopic (exact) mass is 462 g/mol. The first kappa shape index (κ1) is 22.4. The highest BCUT2D eigenvalue weighted by molar-refractivity contribution is 5.83. The van der Waals surface area contributed by atoms with E-state index in [9.17, 15) is 19.5 Å². The first-order valence-electron chi connectivity index (χ1n) is 12.1. The molecule has 1 aliphatic heterocycles. The van der Waals surface area contributed by atoms with Crippen molar-refractivity contribution >= 4 is 18.0 Å². The number of fused-ring (bicyclic) bond motifs is 3. The van der Waals surface area contributed by atoms with Crippen molar-refractivity contribution in [3.05, 3.63) is 59.7 Å². The van der Waals surface area contributed by atoms with Crippen LogP contribution in [0.4, 0.5) is 4.79 Å². The van der Waals surface area contributed by atoms with Crippen LogP contribution in [0, 0.1) is 17.8 Å². The van der Waals surface area contributed by atoms with Gasteiger partial charge in [0.2, 0.25) is 5.91 Å². The number of aliphatic carboxylic acids is 1. The Kier molecular flexibility index (Phi) is 6.02. The van der Waals surface area contributed by atoms with Gasteiger partial charge >= 0.3 is 12.1 Å². The number of alkyl carbamates (subject to hydrolysis) is 1. The normalized spacial score (nSPS) is 25.3. The van der Waals surface area contributed by atoms with Crippen LogP contribution in [0.3, 0.4) is 0 Å². The van der Waals surface area contributed by atoms with Crippen molar-refractivity contribution in [1.82, 2.24) is 10.2 Å². The van der Waals surface area contributed by atoms with E-state index >= 15 is 0 Å². The van der Waals surface area contributed by atoms with Gasteiger partial charge in [0.05, 0.1) is 5.92 Å². The average Bonchev–Trinajstić information content (AvgIpc) is 3.56. The van der Waals surface area contributed by atoms with Gasteiger partial charge in [0, 0.05) is 31.0 Å². The summed E-state index contributed by atoms with van der Waals surface area (Å²) in [4.78, 5) is 38.3. The van der Waals surface area contributed by atoms with E-state index in [1.54, 1.807) is 0 Å². The maximum absolute atomic E-state index is 12.9. The van der Waals surface area contributed by atoms with E-state index in [2.05, 4.69) is 29.6 Å². The second-order valence-electron chi connectivity index (χ2n) is 9.75. The molecule has 178 valence electrons. The molecule has 1 saturated heterocycles. The molecule has 0 spiro atoms. The molecule has 2 aromatic rings. The van der Waals surface area contributed by atoms with Crippen LogP contribution >= 0.6 is 0 Å². The van der Waals surface area contributed by atoms with E-state index in [0.29, 0.717) is 25.9 Å². The van der Waals surface area contributed by atoms with Gasteiger partial charge in [-0.05, 0) is 54.4 Å². The van der Waals surface area contributed by atoms with Gasteiger partial charge in [-0.15, -0.1) is 0 Å². The minimum absolute atomic E-state index is 0.0172. The summed E-state index contributed by atoms with van der Waals surface area (Å²) in [6, 6.07) is 16.4. The van der Waals surface area contributed by atoms with E-state index in [4.69, 9.17) is 4.74 Å². The van der Waals surface area contributed by atoms with E-state index in [0.717, 1.165) is 6.42 Å². The number of amides is 2. The molecule has 34 heavy (non-hydrogen) atoms. The molecule has 4 atom stereocenters. The topological polar surface area (TPSA) is 95.9 Å². The van der Waals surface area contributed by atoms with Gasteiger partial charge in [-0.25, -0.2) is 4.79 Å². The van der Waals surface area contributed by atoms with E-state index in [-0.39, 0.29) is 42.2 Å². The second kappa shape index (κ2) is 9.12. The van der Waals surface area contributed by atoms with Gasteiger partial charge in [-0.1, -0.05) is 48.5 Å². The third-order valence-corrected chi connectivity index (χ3v) is 7.60. The third-order valence-electron chi connectivity index (χ3n) is 7.60. The van der Waals surface area contributed by atoms with Crippen LogP contribution in [0.15, 0.2) is 48.5 Å². The summed E-state index contributed by atoms with van der Waals surface area (Å²) in [7, 11) is 0. The Morgan fingerprint density at radius 1 is 1.03 bits per heavy atom. The largest absolute Gasteiger partial charge is 0.481 e. The molecule has 0 radical (unpaired) electrons. The number of hydrogen-bond acceptors (Lipinski definition) is 4. The molecular formula is C27H30N2O5. The van der Waals surface area contributed by atoms with Crippen molar-refractivity contribution in [1.29, 1.82) is 0 Å². The van der Waals surface area contributed by atoms with Crippen molar-refractivity contribution in [3.8, 4) is 11.1 Å². The molecule has 2 aromatic carbocycles. The lowest BCUT2D eigenvalue weighted by molar-refractivity contribution is -0.148. The number of nitrogens with zero attached hydrogens (tertiary/aromatic N) is 1. The standard InChI is InChI=1S/C27H30N2O5/c1-16-12-17(26(31)32)10-11-29(16)25(30)23-13-18(23)14-28-27(33)34-15-24-21-8-4-2-6-19(21)20-7-3-5-9-22(20)24/h2-9,16-18,23-24H,10-15H2,1H3,(H,28,33)(H,31,32)/t16-,17-,18?,23?/m0/s1. The molecule has 2 unspecified atom stereocenters. The number of rotatable bonds is 6. The summed E-state index contributed by atoms with van der Waals surface area (Å²) in [6.07, 6.45) is 1.28. The number of carboxylic acid groups (broad SMARTS) is 1. The smallest absolute Gasteiger partial charge is 0.407 e. The van der Waals surface area contributed by atoms with E-state index < -0.39 is 12.1 Å². The molecule has 0 bridgehead atoms. The van der Waals surface area contributed by atoms with Crippen LogP contribution in [0.25, 0.3) is 11.1 Å². The predicted molar refractivity (Wildman–Crippen MR) is 126 cm³/mol. The molecule has 2 N–H and O–H groups in total. The zero-order valence-electron chi connectivity index (χ0n) is 19.3. The SMILES string of the molecule is C[C@H]1C[C@@H](C(=O)O)CCN1C(=O)C1CC1CNC(=O)OCC1c2ccccc2-c2ccccc21. The van der Waals surface area contributed by atoms with Gasteiger partial charge in [0.25, 0.3) is 0 Å². The minimum Gasteiger partial charge on any atom is -0.481 e. The fourth-order valence-corrected chi connectivity index (χ4v) is 5.58. The van der Waals surface area contributed by atoms with Crippen molar-refractivity contribution in [3.63, 3.8) is 0 Å². The molecule has 0 aromatic heterocycles. The van der Waals surface area contributed by atoms with Crippen molar-refractivity contribution < 1.29 is 24.2 Å². The highest BCUT2D eigenvalue weighted by Gasteiger charge is 2.46. The van der Waals surface area contributed by atoms with Gasteiger partial charge in [0.1, 0.15) is 6.61 Å². The molecule has 2 amide bonds. The van der Waals surface area contributed by atoms with Gasteiger partial charge < -0.3 is 20.1 Å². The van der Waals surface area contributed by atoms with Crippen LogP contribution in [0.1, 0.15) is 43.2 Å². The predicted octanol–water partition coefficient (Wildman–Crippen LogP) is 3.87. The number of carboxylic acids is 1. The number of piperidine rings is 1. The van der Waals surface area contributed by atoms with E-state index in [1.165, 1.54) is 22.3 Å². The third kappa shape index (κ3) is 4.27. The number of carbonyl (C=O) groups excluding carboxylic acids is 2. The fourth-order valence-electron chi connectivity index (χ4n) is 5.58. The van der Waals surface area contributed by atoms with Crippen molar-refractivity contribution in [2.45, 2.75) is 38.1 Å². The Labute approximate surface area is 199 Å². The van der Waals surface area contributed by atoms with Gasteiger partial charge in [0.15, 0.2) is 0 Å². The summed E-state index contributed by atoms with van der Waals surface area (Å²) >= 11 is 0. The number of nitrogens with one attached hydrogen (secondary N) is 1. The quantitative estimate of drug-likeness (QED) is 0.679. The van der Waals surface area contributed by atoms with Crippen molar-refractivity contribution in [2.24, 2.45) is 17.8 Å². The van der Waals surface area contributed by atoms with Crippen LogP contribution in [-0.2, 0) is 14.3 Å². The fraction of sp³-hybridized carbons (Fsp3) is 0.444. The second-order valence-corrected chi connectivity index (χ2v) is 9.75.